The summed E-state index contributed by atoms with van der Waals surface area (Å²) in [7, 11) is -3.25. The van der Waals surface area contributed by atoms with Crippen molar-refractivity contribution < 1.29 is 4.57 Å². The second-order valence-corrected chi connectivity index (χ2v) is 15.5. The molecule has 0 aliphatic rings. The average molecular weight is 673 g/mol. The Morgan fingerprint density at radius 3 is 2.04 bits per heavy atom. The number of hydrogen-bond acceptors (Lipinski definition) is 2. The molecule has 0 spiro atoms. The van der Waals surface area contributed by atoms with E-state index in [1.807, 2.05) is 54.6 Å². The third-order valence-corrected chi connectivity index (χ3v) is 13.2. The maximum atomic E-state index is 15.3. The first-order valence-electron chi connectivity index (χ1n) is 17.1. The Labute approximate surface area is 296 Å². The van der Waals surface area contributed by atoms with Gasteiger partial charge in [-0.05, 0) is 56.6 Å². The first-order valence-corrected chi connectivity index (χ1v) is 18.8. The second-order valence-electron chi connectivity index (χ2n) is 12.8. The molecule has 0 saturated carbocycles. The highest BCUT2D eigenvalue weighted by molar-refractivity contribution is 7.83. The van der Waals surface area contributed by atoms with E-state index in [1.165, 1.54) is 10.8 Å². The van der Waals surface area contributed by atoms with E-state index >= 15 is 4.57 Å². The molecule has 3 nitrogen and oxygen atoms in total. The van der Waals surface area contributed by atoms with E-state index in [1.54, 1.807) is 12.2 Å². The summed E-state index contributed by atoms with van der Waals surface area (Å²) in [6.07, 6.45) is 5.20. The molecule has 9 rings (SSSR count). The maximum Gasteiger partial charge on any atom is 0.171 e. The molecular formula is C47H33N2OP. The lowest BCUT2D eigenvalue weighted by molar-refractivity contribution is 0.591. The van der Waals surface area contributed by atoms with E-state index in [0.717, 1.165) is 71.2 Å². The average Bonchev–Trinajstić information content (AvgIpc) is 3.60. The molecule has 0 aliphatic carbocycles. The third kappa shape index (κ3) is 4.81. The van der Waals surface area contributed by atoms with Crippen LogP contribution in [0.5, 0.6) is 0 Å². The number of benzene rings is 7. The molecule has 2 heterocycles. The zero-order chi connectivity index (χ0) is 34.5. The van der Waals surface area contributed by atoms with E-state index in [4.69, 9.17) is 4.98 Å². The molecule has 0 N–H and O–H groups in total. The molecule has 0 amide bonds. The van der Waals surface area contributed by atoms with Crippen LogP contribution in [0.25, 0.3) is 71.4 Å². The maximum absolute atomic E-state index is 15.3. The zero-order valence-corrected chi connectivity index (χ0v) is 28.8. The van der Waals surface area contributed by atoms with Gasteiger partial charge in [-0.2, -0.15) is 0 Å². The second kappa shape index (κ2) is 12.2. The number of aromatic nitrogens is 2. The van der Waals surface area contributed by atoms with Gasteiger partial charge >= 0.3 is 0 Å². The van der Waals surface area contributed by atoms with Gasteiger partial charge in [-0.3, -0.25) is 4.40 Å². The van der Waals surface area contributed by atoms with Crippen molar-refractivity contribution in [2.75, 3.05) is 0 Å². The molecule has 0 radical (unpaired) electrons. The fraction of sp³-hybridized carbons (Fsp3) is 0. The van der Waals surface area contributed by atoms with Gasteiger partial charge < -0.3 is 4.57 Å². The molecule has 0 aliphatic heterocycles. The Morgan fingerprint density at radius 1 is 0.569 bits per heavy atom. The van der Waals surface area contributed by atoms with Gasteiger partial charge in [-0.15, -0.1) is 0 Å². The molecule has 1 unspecified atom stereocenters. The summed E-state index contributed by atoms with van der Waals surface area (Å²) in [5.41, 5.74) is 8.64. The van der Waals surface area contributed by atoms with Crippen LogP contribution in [-0.4, -0.2) is 9.38 Å². The van der Waals surface area contributed by atoms with Gasteiger partial charge in [0.15, 0.2) is 7.14 Å². The third-order valence-electron chi connectivity index (χ3n) is 10.0. The van der Waals surface area contributed by atoms with E-state index in [0.29, 0.717) is 5.31 Å². The van der Waals surface area contributed by atoms with Crippen LogP contribution < -0.4 is 10.6 Å². The minimum atomic E-state index is -3.25. The Kier molecular flexibility index (Phi) is 7.38. The topological polar surface area (TPSA) is 34.4 Å². The predicted molar refractivity (Wildman–Crippen MR) is 218 cm³/mol. The molecule has 0 fully saturated rings. The van der Waals surface area contributed by atoms with Crippen LogP contribution >= 0.6 is 7.14 Å². The van der Waals surface area contributed by atoms with Crippen molar-refractivity contribution >= 4 is 66.9 Å². The van der Waals surface area contributed by atoms with Gasteiger partial charge in [-0.25, -0.2) is 4.98 Å². The van der Waals surface area contributed by atoms with Crippen LogP contribution in [0.1, 0.15) is 0 Å². The Hall–Kier alpha value is -6.28. The molecular weight excluding hydrogens is 640 g/mol. The monoisotopic (exact) mass is 672 g/mol. The van der Waals surface area contributed by atoms with Crippen LogP contribution in [0.15, 0.2) is 194 Å². The molecule has 2 aromatic heterocycles. The molecule has 7 aromatic carbocycles. The Morgan fingerprint density at radius 2 is 1.24 bits per heavy atom. The lowest BCUT2D eigenvalue weighted by Crippen LogP contribution is -2.18. The highest BCUT2D eigenvalue weighted by Gasteiger charge is 2.32. The number of imidazole rings is 1. The zero-order valence-electron chi connectivity index (χ0n) is 27.9. The van der Waals surface area contributed by atoms with Gasteiger partial charge in [0.1, 0.15) is 5.65 Å². The summed E-state index contributed by atoms with van der Waals surface area (Å²) < 4.78 is 17.6. The van der Waals surface area contributed by atoms with Gasteiger partial charge in [0.25, 0.3) is 0 Å². The Bertz CT molecular complexity index is 2920. The van der Waals surface area contributed by atoms with E-state index in [9.17, 15) is 0 Å². The van der Waals surface area contributed by atoms with Crippen LogP contribution in [0, 0.1) is 0 Å². The van der Waals surface area contributed by atoms with Gasteiger partial charge in [0.2, 0.25) is 0 Å². The standard InChI is InChI=1S/C47H33N2OP/c1-3-14-35(4-2)51(50,36-15-6-5-7-16-36)46-24-13-20-38-37(19-12-21-41(38)46)33-27-25-32(26-28-33)34-29-30-40-39-17-8-9-18-42(39)47-48-43-22-10-11-23-44(43)49(47)45(40)31-34/h3-31H,1-2H2/b35-14+. The summed E-state index contributed by atoms with van der Waals surface area (Å²) in [5, 5.41) is 7.77. The summed E-state index contributed by atoms with van der Waals surface area (Å²) in [6.45, 7) is 7.93. The molecule has 0 saturated heterocycles. The molecule has 4 heteroatoms. The van der Waals surface area contributed by atoms with E-state index in [-0.39, 0.29) is 0 Å². The van der Waals surface area contributed by atoms with Crippen LogP contribution in [0.2, 0.25) is 0 Å². The summed E-state index contributed by atoms with van der Waals surface area (Å²) in [4.78, 5) is 5.06. The summed E-state index contributed by atoms with van der Waals surface area (Å²) in [5.74, 6) is 0. The largest absolute Gasteiger partial charge is 0.309 e. The molecule has 1 atom stereocenters. The van der Waals surface area contributed by atoms with Gasteiger partial charge in [0.05, 0.1) is 16.6 Å². The highest BCUT2D eigenvalue weighted by Crippen LogP contribution is 2.54. The number of allylic oxidation sites excluding steroid dienone is 4. The number of rotatable bonds is 7. The molecule has 0 bridgehead atoms. The summed E-state index contributed by atoms with van der Waals surface area (Å²) >= 11 is 0. The van der Waals surface area contributed by atoms with Crippen molar-refractivity contribution in [3.05, 3.63) is 194 Å². The number of para-hydroxylation sites is 2. The van der Waals surface area contributed by atoms with Crippen molar-refractivity contribution in [2.24, 2.45) is 0 Å². The Balaban J connectivity index is 1.18. The fourth-order valence-corrected chi connectivity index (χ4v) is 10.5. The predicted octanol–water partition coefficient (Wildman–Crippen LogP) is 11.9. The van der Waals surface area contributed by atoms with Gasteiger partial charge in [-0.1, -0.05) is 171 Å². The lowest BCUT2D eigenvalue weighted by atomic mass is 9.95. The van der Waals surface area contributed by atoms with Crippen molar-refractivity contribution in [3.63, 3.8) is 0 Å². The minimum Gasteiger partial charge on any atom is -0.309 e. The molecule has 51 heavy (non-hydrogen) atoms. The quantitative estimate of drug-likeness (QED) is 0.0959. The fourth-order valence-electron chi connectivity index (χ4n) is 7.64. The van der Waals surface area contributed by atoms with Crippen molar-refractivity contribution in [3.8, 4) is 22.3 Å². The number of hydrogen-bond donors (Lipinski definition) is 0. The lowest BCUT2D eigenvalue weighted by Gasteiger charge is -2.23. The van der Waals surface area contributed by atoms with Crippen molar-refractivity contribution in [1.82, 2.24) is 9.38 Å². The van der Waals surface area contributed by atoms with Crippen molar-refractivity contribution in [2.45, 2.75) is 0 Å². The van der Waals surface area contributed by atoms with E-state index in [2.05, 4.69) is 127 Å². The number of pyridine rings is 1. The van der Waals surface area contributed by atoms with Crippen LogP contribution in [0.4, 0.5) is 0 Å². The highest BCUT2D eigenvalue weighted by atomic mass is 31.2. The molecule has 9 aromatic rings. The molecule has 242 valence electrons. The minimum absolute atomic E-state index is 0.662. The SMILES string of the molecule is C=C/C=C(\C=C)P(=O)(c1ccccc1)c1cccc2c(-c3ccc(-c4ccc5c6ccccc6c6nc7ccccc7n6c5c4)cc3)cccc12. The van der Waals surface area contributed by atoms with Crippen LogP contribution in [0.3, 0.4) is 0 Å². The first kappa shape index (κ1) is 30.8. The number of fused-ring (bicyclic) bond motifs is 9. The first-order chi connectivity index (χ1) is 25.1. The van der Waals surface area contributed by atoms with Gasteiger partial charge in [0, 0.05) is 26.7 Å². The van der Waals surface area contributed by atoms with E-state index < -0.39 is 7.14 Å². The number of nitrogens with zero attached hydrogens (tertiary/aromatic N) is 2. The smallest absolute Gasteiger partial charge is 0.171 e. The normalized spacial score (nSPS) is 13.2. The van der Waals surface area contributed by atoms with Crippen molar-refractivity contribution in [1.29, 1.82) is 0 Å². The van der Waals surface area contributed by atoms with Crippen LogP contribution in [-0.2, 0) is 4.57 Å². The summed E-state index contributed by atoms with van der Waals surface area (Å²) in [6, 6.07) is 54.5.